The van der Waals surface area contributed by atoms with Gasteiger partial charge in [-0.25, -0.2) is 0 Å². The summed E-state index contributed by atoms with van der Waals surface area (Å²) in [5.74, 6) is -0.0419. The van der Waals surface area contributed by atoms with Crippen molar-refractivity contribution in [3.05, 3.63) is 29.6 Å². The summed E-state index contributed by atoms with van der Waals surface area (Å²) in [6, 6.07) is 1.75. The van der Waals surface area contributed by atoms with E-state index in [1.165, 1.54) is 10.6 Å². The highest BCUT2D eigenvalue weighted by Crippen LogP contribution is 2.17. The third-order valence-electron chi connectivity index (χ3n) is 1.80. The van der Waals surface area contributed by atoms with Crippen molar-refractivity contribution in [3.8, 4) is 0 Å². The Hall–Kier alpha value is -1.35. The smallest absolute Gasteiger partial charge is 0.255 e. The first-order valence-electron chi connectivity index (χ1n) is 3.36. The van der Waals surface area contributed by atoms with Crippen LogP contribution in [0.5, 0.6) is 0 Å². The number of fused-ring (bicyclic) bond motifs is 1. The zero-order valence-electron chi connectivity index (χ0n) is 5.82. The second-order valence-corrected chi connectivity index (χ2v) is 2.43. The molecule has 56 valence electrons. The Morgan fingerprint density at radius 3 is 3.00 bits per heavy atom. The Kier molecular flexibility index (Phi) is 1.20. The summed E-state index contributed by atoms with van der Waals surface area (Å²) in [5, 5.41) is 8.82. The number of hydrogen-bond donors (Lipinski definition) is 1. The summed E-state index contributed by atoms with van der Waals surface area (Å²) >= 11 is 0. The first-order chi connectivity index (χ1) is 5.33. The van der Waals surface area contributed by atoms with E-state index in [0.717, 1.165) is 11.3 Å². The first-order valence-corrected chi connectivity index (χ1v) is 3.36. The number of rotatable bonds is 1. The van der Waals surface area contributed by atoms with E-state index in [1.807, 2.05) is 0 Å². The molecule has 0 fully saturated rings. The van der Waals surface area contributed by atoms with Gasteiger partial charge in [0.15, 0.2) is 0 Å². The van der Waals surface area contributed by atoms with Crippen LogP contribution in [0.4, 0.5) is 0 Å². The zero-order chi connectivity index (χ0) is 7.84. The average molecular weight is 149 g/mol. The largest absolute Gasteiger partial charge is 0.392 e. The molecule has 0 unspecified atom stereocenters. The predicted octanol–water partition coefficient (Wildman–Crippen LogP) is 0.647. The van der Waals surface area contributed by atoms with Gasteiger partial charge in [-0.1, -0.05) is 0 Å². The van der Waals surface area contributed by atoms with Gasteiger partial charge >= 0.3 is 0 Å². The number of aliphatic hydroxyl groups excluding tert-OH is 1. The summed E-state index contributed by atoms with van der Waals surface area (Å²) in [5.41, 5.74) is 1.60. The van der Waals surface area contributed by atoms with Gasteiger partial charge in [0.25, 0.3) is 5.91 Å². The van der Waals surface area contributed by atoms with Crippen LogP contribution in [0.15, 0.2) is 18.3 Å². The molecule has 0 bridgehead atoms. The highest BCUT2D eigenvalue weighted by molar-refractivity contribution is 5.99. The van der Waals surface area contributed by atoms with Gasteiger partial charge in [-0.3, -0.25) is 9.36 Å². The quantitative estimate of drug-likeness (QED) is 0.636. The molecule has 1 aliphatic heterocycles. The first kappa shape index (κ1) is 6.37. The molecule has 2 heterocycles. The lowest BCUT2D eigenvalue weighted by Crippen LogP contribution is -2.01. The minimum Gasteiger partial charge on any atom is -0.392 e. The topological polar surface area (TPSA) is 42.2 Å². The Labute approximate surface area is 63.6 Å². The van der Waals surface area contributed by atoms with Crippen molar-refractivity contribution < 1.29 is 9.90 Å². The number of nitrogens with zero attached hydrogens (tertiary/aromatic N) is 1. The zero-order valence-corrected chi connectivity index (χ0v) is 5.82. The van der Waals surface area contributed by atoms with Gasteiger partial charge in [0.1, 0.15) is 0 Å². The van der Waals surface area contributed by atoms with Gasteiger partial charge in [-0.15, -0.1) is 0 Å². The number of aliphatic hydroxyl groups is 1. The van der Waals surface area contributed by atoms with Crippen molar-refractivity contribution in [3.63, 3.8) is 0 Å². The van der Waals surface area contributed by atoms with E-state index in [4.69, 9.17) is 5.11 Å². The second kappa shape index (κ2) is 2.07. The standard InChI is InChI=1S/C8H7NO2/c10-5-6-3-4-9-7(6)1-2-8(9)11/h1-4,10H,5H2. The van der Waals surface area contributed by atoms with Gasteiger partial charge < -0.3 is 5.11 Å². The van der Waals surface area contributed by atoms with Gasteiger partial charge in [0.2, 0.25) is 0 Å². The lowest BCUT2D eigenvalue weighted by atomic mass is 10.2. The fourth-order valence-electron chi connectivity index (χ4n) is 1.23. The molecule has 1 N–H and O–H groups in total. The van der Waals surface area contributed by atoms with E-state index in [9.17, 15) is 4.79 Å². The summed E-state index contributed by atoms with van der Waals surface area (Å²) < 4.78 is 1.52. The van der Waals surface area contributed by atoms with E-state index in [2.05, 4.69) is 0 Å². The maximum absolute atomic E-state index is 11.0. The third-order valence-corrected chi connectivity index (χ3v) is 1.80. The monoisotopic (exact) mass is 149 g/mol. The molecular weight excluding hydrogens is 142 g/mol. The van der Waals surface area contributed by atoms with Crippen LogP contribution in [0.3, 0.4) is 0 Å². The predicted molar refractivity (Wildman–Crippen MR) is 40.0 cm³/mol. The molecule has 3 heteroatoms. The SMILES string of the molecule is O=C1C=Cc2c(CO)ccn21. The van der Waals surface area contributed by atoms with Crippen LogP contribution in [-0.2, 0) is 6.61 Å². The van der Waals surface area contributed by atoms with Crippen LogP contribution in [0.1, 0.15) is 16.1 Å². The summed E-state index contributed by atoms with van der Waals surface area (Å²) in [6.45, 7) is -0.0139. The highest BCUT2D eigenvalue weighted by atomic mass is 16.3. The molecule has 0 aromatic carbocycles. The molecule has 0 amide bonds. The van der Waals surface area contributed by atoms with E-state index in [0.29, 0.717) is 0 Å². The molecule has 2 rings (SSSR count). The molecule has 0 saturated carbocycles. The number of carbonyl (C=O) groups excluding carboxylic acids is 1. The average Bonchev–Trinajstić information content (AvgIpc) is 2.53. The van der Waals surface area contributed by atoms with Crippen molar-refractivity contribution in [2.24, 2.45) is 0 Å². The van der Waals surface area contributed by atoms with Crippen molar-refractivity contribution in [2.75, 3.05) is 0 Å². The lowest BCUT2D eigenvalue weighted by molar-refractivity contribution is 0.0974. The Balaban J connectivity index is 2.60. The lowest BCUT2D eigenvalue weighted by Gasteiger charge is -1.94. The molecule has 0 radical (unpaired) electrons. The van der Waals surface area contributed by atoms with Crippen molar-refractivity contribution in [1.82, 2.24) is 4.57 Å². The summed E-state index contributed by atoms with van der Waals surface area (Å²) in [4.78, 5) is 11.0. The third kappa shape index (κ3) is 0.746. The molecule has 1 aromatic heterocycles. The van der Waals surface area contributed by atoms with Crippen molar-refractivity contribution in [2.45, 2.75) is 6.61 Å². The Bertz CT molecular complexity index is 336. The van der Waals surface area contributed by atoms with Crippen molar-refractivity contribution >= 4 is 12.0 Å². The van der Waals surface area contributed by atoms with Crippen LogP contribution in [0, 0.1) is 0 Å². The molecular formula is C8H7NO2. The molecule has 0 spiro atoms. The molecule has 3 nitrogen and oxygen atoms in total. The fraction of sp³-hybridized carbons (Fsp3) is 0.125. The number of aromatic nitrogens is 1. The molecule has 0 saturated heterocycles. The van der Waals surface area contributed by atoms with Crippen LogP contribution in [0.25, 0.3) is 6.08 Å². The van der Waals surface area contributed by atoms with Crippen LogP contribution >= 0.6 is 0 Å². The van der Waals surface area contributed by atoms with Crippen LogP contribution in [0.2, 0.25) is 0 Å². The minimum absolute atomic E-state index is 0.0139. The van der Waals surface area contributed by atoms with E-state index < -0.39 is 0 Å². The second-order valence-electron chi connectivity index (χ2n) is 2.43. The van der Waals surface area contributed by atoms with E-state index >= 15 is 0 Å². The van der Waals surface area contributed by atoms with Gasteiger partial charge in [0.05, 0.1) is 12.3 Å². The maximum Gasteiger partial charge on any atom is 0.255 e. The highest BCUT2D eigenvalue weighted by Gasteiger charge is 2.14. The van der Waals surface area contributed by atoms with E-state index in [-0.39, 0.29) is 12.5 Å². The fourth-order valence-corrected chi connectivity index (χ4v) is 1.23. The van der Waals surface area contributed by atoms with Crippen molar-refractivity contribution in [1.29, 1.82) is 0 Å². The van der Waals surface area contributed by atoms with Gasteiger partial charge in [-0.2, -0.15) is 0 Å². The van der Waals surface area contributed by atoms with E-state index in [1.54, 1.807) is 18.3 Å². The number of allylic oxidation sites excluding steroid dienone is 1. The van der Waals surface area contributed by atoms with Gasteiger partial charge in [0, 0.05) is 17.8 Å². The Morgan fingerprint density at radius 1 is 1.45 bits per heavy atom. The summed E-state index contributed by atoms with van der Waals surface area (Å²) in [6.07, 6.45) is 4.88. The molecule has 0 atom stereocenters. The number of hydrogen-bond acceptors (Lipinski definition) is 2. The summed E-state index contributed by atoms with van der Waals surface area (Å²) in [7, 11) is 0. The van der Waals surface area contributed by atoms with Crippen LogP contribution < -0.4 is 0 Å². The molecule has 1 aliphatic rings. The minimum atomic E-state index is -0.0419. The number of carbonyl (C=O) groups is 1. The van der Waals surface area contributed by atoms with Gasteiger partial charge in [-0.05, 0) is 12.1 Å². The van der Waals surface area contributed by atoms with Crippen LogP contribution in [-0.4, -0.2) is 15.6 Å². The maximum atomic E-state index is 11.0. The molecule has 11 heavy (non-hydrogen) atoms. The molecule has 1 aromatic rings. The molecule has 0 aliphatic carbocycles. The Morgan fingerprint density at radius 2 is 2.27 bits per heavy atom. The normalized spacial score (nSPS) is 14.1.